The summed E-state index contributed by atoms with van der Waals surface area (Å²) in [5, 5.41) is 0. The monoisotopic (exact) mass is 326 g/mol. The molecule has 0 aliphatic carbocycles. The van der Waals surface area contributed by atoms with Crippen LogP contribution >= 0.6 is 0 Å². The number of pyridine rings is 1. The van der Waals surface area contributed by atoms with E-state index in [1.54, 1.807) is 4.90 Å². The largest absolute Gasteiger partial charge is 0.484 e. The van der Waals surface area contributed by atoms with Crippen LogP contribution in [0.4, 0.5) is 0 Å². The van der Waals surface area contributed by atoms with Crippen LogP contribution in [0.1, 0.15) is 17.7 Å². The van der Waals surface area contributed by atoms with Gasteiger partial charge < -0.3 is 14.4 Å². The van der Waals surface area contributed by atoms with Gasteiger partial charge in [-0.25, -0.2) is 4.98 Å². The van der Waals surface area contributed by atoms with Gasteiger partial charge in [-0.1, -0.05) is 18.2 Å². The van der Waals surface area contributed by atoms with Crippen LogP contribution in [-0.2, 0) is 4.79 Å². The second-order valence-electron chi connectivity index (χ2n) is 6.09. The number of benzene rings is 1. The van der Waals surface area contributed by atoms with Crippen molar-refractivity contribution in [3.05, 3.63) is 53.7 Å². The second-order valence-corrected chi connectivity index (χ2v) is 6.09. The Morgan fingerprint density at radius 3 is 2.88 bits per heavy atom. The van der Waals surface area contributed by atoms with E-state index in [0.29, 0.717) is 19.0 Å². The maximum absolute atomic E-state index is 12.3. The number of carbonyl (C=O) groups is 1. The number of hydrogen-bond acceptors (Lipinski definition) is 4. The highest BCUT2D eigenvalue weighted by Crippen LogP contribution is 2.18. The fourth-order valence-electron chi connectivity index (χ4n) is 2.75. The van der Waals surface area contributed by atoms with E-state index in [0.717, 1.165) is 23.4 Å². The Kier molecular flexibility index (Phi) is 4.99. The Bertz CT molecular complexity index is 717. The molecule has 3 rings (SSSR count). The Labute approximate surface area is 142 Å². The van der Waals surface area contributed by atoms with E-state index >= 15 is 0 Å². The zero-order valence-electron chi connectivity index (χ0n) is 14.1. The number of nitrogens with zero attached hydrogens (tertiary/aromatic N) is 2. The molecule has 2 aromatic rings. The topological polar surface area (TPSA) is 51.7 Å². The van der Waals surface area contributed by atoms with Crippen molar-refractivity contribution in [3.63, 3.8) is 0 Å². The third-order valence-electron chi connectivity index (χ3n) is 4.00. The normalized spacial score (nSPS) is 16.9. The van der Waals surface area contributed by atoms with Gasteiger partial charge in [0.25, 0.3) is 5.91 Å². The maximum Gasteiger partial charge on any atom is 0.260 e. The molecule has 0 N–H and O–H groups in total. The van der Waals surface area contributed by atoms with Gasteiger partial charge in [-0.05, 0) is 37.6 Å². The molecule has 5 heteroatoms. The van der Waals surface area contributed by atoms with E-state index in [1.807, 2.05) is 56.3 Å². The minimum Gasteiger partial charge on any atom is -0.484 e. The number of amides is 1. The Morgan fingerprint density at radius 2 is 2.08 bits per heavy atom. The van der Waals surface area contributed by atoms with Crippen LogP contribution in [0.15, 0.2) is 42.5 Å². The quantitative estimate of drug-likeness (QED) is 0.848. The van der Waals surface area contributed by atoms with Crippen molar-refractivity contribution in [2.24, 2.45) is 0 Å². The van der Waals surface area contributed by atoms with Crippen molar-refractivity contribution in [1.82, 2.24) is 9.88 Å². The van der Waals surface area contributed by atoms with Gasteiger partial charge >= 0.3 is 0 Å². The summed E-state index contributed by atoms with van der Waals surface area (Å²) in [6.07, 6.45) is 0.799. The Morgan fingerprint density at radius 1 is 1.25 bits per heavy atom. The molecule has 5 nitrogen and oxygen atoms in total. The molecular weight excluding hydrogens is 304 g/mol. The SMILES string of the molecule is Cc1cccc(OCC(=O)N2CCC(Oc3cccc(C)n3)C2)c1. The summed E-state index contributed by atoms with van der Waals surface area (Å²) in [6, 6.07) is 13.4. The van der Waals surface area contributed by atoms with Gasteiger partial charge in [0.2, 0.25) is 5.88 Å². The third-order valence-corrected chi connectivity index (χ3v) is 4.00. The molecule has 1 atom stereocenters. The van der Waals surface area contributed by atoms with Crippen LogP contribution in [0.25, 0.3) is 0 Å². The molecular formula is C19H22N2O3. The van der Waals surface area contributed by atoms with Gasteiger partial charge in [-0.3, -0.25) is 4.79 Å². The number of aromatic nitrogens is 1. The summed E-state index contributed by atoms with van der Waals surface area (Å²) in [6.45, 7) is 5.24. The fourth-order valence-corrected chi connectivity index (χ4v) is 2.75. The minimum atomic E-state index is -0.0141. The molecule has 1 amide bonds. The van der Waals surface area contributed by atoms with Crippen molar-refractivity contribution in [2.75, 3.05) is 19.7 Å². The molecule has 24 heavy (non-hydrogen) atoms. The highest BCUT2D eigenvalue weighted by atomic mass is 16.5. The first-order chi connectivity index (χ1) is 11.6. The predicted molar refractivity (Wildman–Crippen MR) is 91.3 cm³/mol. The summed E-state index contributed by atoms with van der Waals surface area (Å²) in [5.74, 6) is 1.32. The van der Waals surface area contributed by atoms with Crippen molar-refractivity contribution in [1.29, 1.82) is 0 Å². The number of carbonyl (C=O) groups excluding carboxylic acids is 1. The smallest absolute Gasteiger partial charge is 0.260 e. The molecule has 0 radical (unpaired) electrons. The molecule has 1 aromatic carbocycles. The van der Waals surface area contributed by atoms with Crippen LogP contribution in [0.2, 0.25) is 0 Å². The molecule has 1 aliphatic rings. The van der Waals surface area contributed by atoms with Crippen molar-refractivity contribution >= 4 is 5.91 Å². The summed E-state index contributed by atoms with van der Waals surface area (Å²) >= 11 is 0. The van der Waals surface area contributed by atoms with Crippen LogP contribution < -0.4 is 9.47 Å². The van der Waals surface area contributed by atoms with E-state index in [1.165, 1.54) is 0 Å². The van der Waals surface area contributed by atoms with Gasteiger partial charge in [0, 0.05) is 24.7 Å². The number of rotatable bonds is 5. The standard InChI is InChI=1S/C19H22N2O3/c1-14-5-3-7-16(11-14)23-13-19(22)21-10-9-17(12-21)24-18-8-4-6-15(2)20-18/h3-8,11,17H,9-10,12-13H2,1-2H3. The van der Waals surface area contributed by atoms with E-state index in [9.17, 15) is 4.79 Å². The molecule has 0 saturated carbocycles. The van der Waals surface area contributed by atoms with Crippen molar-refractivity contribution < 1.29 is 14.3 Å². The lowest BCUT2D eigenvalue weighted by Gasteiger charge is -2.17. The predicted octanol–water partition coefficient (Wildman–Crippen LogP) is 2.76. The lowest BCUT2D eigenvalue weighted by atomic mass is 10.2. The number of likely N-dealkylation sites (tertiary alicyclic amines) is 1. The summed E-state index contributed by atoms with van der Waals surface area (Å²) in [5.41, 5.74) is 2.03. The van der Waals surface area contributed by atoms with E-state index in [2.05, 4.69) is 4.98 Å². The molecule has 1 saturated heterocycles. The number of ether oxygens (including phenoxy) is 2. The summed E-state index contributed by atoms with van der Waals surface area (Å²) in [7, 11) is 0. The van der Waals surface area contributed by atoms with E-state index in [-0.39, 0.29) is 18.6 Å². The third kappa shape index (κ3) is 4.25. The average molecular weight is 326 g/mol. The highest BCUT2D eigenvalue weighted by molar-refractivity contribution is 5.78. The Hall–Kier alpha value is -2.56. The van der Waals surface area contributed by atoms with E-state index < -0.39 is 0 Å². The van der Waals surface area contributed by atoms with Gasteiger partial charge in [0.05, 0.1) is 6.54 Å². The Balaban J connectivity index is 1.49. The fraction of sp³-hybridized carbons (Fsp3) is 0.368. The summed E-state index contributed by atoms with van der Waals surface area (Å²) in [4.78, 5) is 18.4. The molecule has 126 valence electrons. The first kappa shape index (κ1) is 16.3. The van der Waals surface area contributed by atoms with Crippen LogP contribution in [-0.4, -0.2) is 41.6 Å². The molecule has 0 bridgehead atoms. The van der Waals surface area contributed by atoms with Crippen molar-refractivity contribution in [3.8, 4) is 11.6 Å². The second kappa shape index (κ2) is 7.34. The van der Waals surface area contributed by atoms with Gasteiger partial charge in [-0.15, -0.1) is 0 Å². The lowest BCUT2D eigenvalue weighted by Crippen LogP contribution is -2.34. The van der Waals surface area contributed by atoms with Gasteiger partial charge in [-0.2, -0.15) is 0 Å². The van der Waals surface area contributed by atoms with Crippen LogP contribution in [0.5, 0.6) is 11.6 Å². The molecule has 0 spiro atoms. The van der Waals surface area contributed by atoms with Gasteiger partial charge in [0.15, 0.2) is 6.61 Å². The molecule has 2 heterocycles. The first-order valence-electron chi connectivity index (χ1n) is 8.18. The zero-order valence-corrected chi connectivity index (χ0v) is 14.1. The highest BCUT2D eigenvalue weighted by Gasteiger charge is 2.28. The maximum atomic E-state index is 12.3. The van der Waals surface area contributed by atoms with E-state index in [4.69, 9.17) is 9.47 Å². The lowest BCUT2D eigenvalue weighted by molar-refractivity contribution is -0.132. The molecule has 1 unspecified atom stereocenters. The molecule has 1 aromatic heterocycles. The minimum absolute atomic E-state index is 0.0118. The number of hydrogen-bond donors (Lipinski definition) is 0. The van der Waals surface area contributed by atoms with Crippen LogP contribution in [0, 0.1) is 13.8 Å². The van der Waals surface area contributed by atoms with Crippen molar-refractivity contribution in [2.45, 2.75) is 26.4 Å². The zero-order chi connectivity index (χ0) is 16.9. The van der Waals surface area contributed by atoms with Gasteiger partial charge in [0.1, 0.15) is 11.9 Å². The summed E-state index contributed by atoms with van der Waals surface area (Å²) < 4.78 is 11.5. The number of aryl methyl sites for hydroxylation is 2. The molecule has 1 aliphatic heterocycles. The van der Waals surface area contributed by atoms with Crippen LogP contribution in [0.3, 0.4) is 0 Å². The molecule has 1 fully saturated rings. The average Bonchev–Trinajstić information content (AvgIpc) is 3.01. The first-order valence-corrected chi connectivity index (χ1v) is 8.18.